The van der Waals surface area contributed by atoms with Gasteiger partial charge in [-0.2, -0.15) is 0 Å². The van der Waals surface area contributed by atoms with Crippen LogP contribution in [0, 0.1) is 0 Å². The van der Waals surface area contributed by atoms with Crippen molar-refractivity contribution < 1.29 is 33.7 Å². The molecule has 0 saturated heterocycles. The first kappa shape index (κ1) is 39.6. The molecule has 1 N–H and O–H groups in total. The zero-order valence-electron chi connectivity index (χ0n) is 30.9. The second-order valence-electron chi connectivity index (χ2n) is 12.5. The first-order valence-corrected chi connectivity index (χ1v) is 17.6. The summed E-state index contributed by atoms with van der Waals surface area (Å²) in [5, 5.41) is 10.3. The number of benzene rings is 2. The zero-order valence-corrected chi connectivity index (χ0v) is 30.9. The Balaban J connectivity index is 0.000000212. The average molecular weight is 739 g/mol. The molecule has 0 aliphatic carbocycles. The first-order valence-electron chi connectivity index (χ1n) is 17.6. The van der Waals surface area contributed by atoms with Gasteiger partial charge < -0.3 is 19.3 Å². The third-order valence-corrected chi connectivity index (χ3v) is 8.57. The maximum atomic E-state index is 13.0. The third-order valence-electron chi connectivity index (χ3n) is 8.57. The molecule has 4 aromatic heterocycles. The van der Waals surface area contributed by atoms with Crippen LogP contribution in [0.4, 0.5) is 0 Å². The summed E-state index contributed by atoms with van der Waals surface area (Å²) in [4.78, 5) is 53.7. The fraction of sp³-hybridized carbons (Fsp3) is 0.205. The first-order chi connectivity index (χ1) is 26.7. The highest BCUT2D eigenvalue weighted by atomic mass is 16.5. The van der Waals surface area contributed by atoms with Gasteiger partial charge in [0.2, 0.25) is 11.8 Å². The molecule has 280 valence electrons. The molecule has 11 nitrogen and oxygen atoms in total. The van der Waals surface area contributed by atoms with Crippen LogP contribution >= 0.6 is 0 Å². The van der Waals surface area contributed by atoms with Gasteiger partial charge in [-0.3, -0.25) is 24.4 Å². The van der Waals surface area contributed by atoms with Crippen molar-refractivity contribution in [1.29, 1.82) is 0 Å². The van der Waals surface area contributed by atoms with Gasteiger partial charge in [-0.15, -0.1) is 0 Å². The Hall–Kier alpha value is -6.59. The van der Waals surface area contributed by atoms with Gasteiger partial charge in [0, 0.05) is 92.0 Å². The summed E-state index contributed by atoms with van der Waals surface area (Å²) in [6.07, 6.45) is 8.96. The van der Waals surface area contributed by atoms with Crippen molar-refractivity contribution in [3.63, 3.8) is 0 Å². The summed E-state index contributed by atoms with van der Waals surface area (Å²) in [5.74, 6) is -0.202. The molecule has 0 saturated carbocycles. The van der Waals surface area contributed by atoms with Gasteiger partial charge in [0.15, 0.2) is 17.7 Å². The van der Waals surface area contributed by atoms with Crippen LogP contribution in [-0.4, -0.2) is 69.0 Å². The van der Waals surface area contributed by atoms with Crippen molar-refractivity contribution in [3.8, 4) is 34.0 Å². The second-order valence-corrected chi connectivity index (χ2v) is 12.5. The van der Waals surface area contributed by atoms with Crippen molar-refractivity contribution in [2.24, 2.45) is 0 Å². The summed E-state index contributed by atoms with van der Waals surface area (Å²) in [5.41, 5.74) is 6.73. The normalized spacial score (nSPS) is 11.6. The monoisotopic (exact) mass is 738 g/mol. The smallest absolute Gasteiger partial charge is 0.303 e. The molecule has 4 heterocycles. The lowest BCUT2D eigenvalue weighted by molar-refractivity contribution is -0.152. The Morgan fingerprint density at radius 2 is 1.04 bits per heavy atom. The predicted octanol–water partition coefficient (Wildman–Crippen LogP) is 6.31. The van der Waals surface area contributed by atoms with Crippen molar-refractivity contribution in [1.82, 2.24) is 19.9 Å². The van der Waals surface area contributed by atoms with Gasteiger partial charge in [0.05, 0.1) is 14.2 Å². The number of ether oxygens (including phenoxy) is 3. The summed E-state index contributed by atoms with van der Waals surface area (Å²) in [6, 6.07) is 30.1. The van der Waals surface area contributed by atoms with Gasteiger partial charge in [-0.25, -0.2) is 9.97 Å². The van der Waals surface area contributed by atoms with E-state index in [4.69, 9.17) is 14.2 Å². The Kier molecular flexibility index (Phi) is 14.4. The number of aliphatic hydroxyl groups excluding tert-OH is 1. The number of Topliss-reactive ketones (excluding diaryl/α,β-unsaturated/α-hetero) is 2. The highest BCUT2D eigenvalue weighted by Gasteiger charge is 2.24. The molecular weight excluding hydrogens is 697 g/mol. The standard InChI is InChI=1S/C23H22N2O4.C21H20N2O3/c1-16(26)29-22(12-17-6-4-3-5-7-17)21(27)14-19-13-20(15-25-23(19)28-2)18-8-10-24-11-9-18;1-26-21-17(12-18(14-23-21)16-7-9-22-10-8-16)13-20(25)19(24)11-15-5-3-2-4-6-15/h3-11,13,15,22H,12,14H2,1-2H3;2-10,12,14,19,24H,11,13H2,1H3/t22-;19-/m11/s1. The molecule has 0 amide bonds. The number of pyridine rings is 4. The van der Waals surface area contributed by atoms with Gasteiger partial charge in [0.25, 0.3) is 0 Å². The van der Waals surface area contributed by atoms with Gasteiger partial charge >= 0.3 is 5.97 Å². The lowest BCUT2D eigenvalue weighted by Gasteiger charge is -2.17. The van der Waals surface area contributed by atoms with E-state index in [1.807, 2.05) is 97.1 Å². The van der Waals surface area contributed by atoms with Crippen LogP contribution in [0.15, 0.2) is 134 Å². The number of aromatic nitrogens is 4. The molecule has 55 heavy (non-hydrogen) atoms. The quantitative estimate of drug-likeness (QED) is 0.118. The van der Waals surface area contributed by atoms with Gasteiger partial charge in [0.1, 0.15) is 6.10 Å². The molecule has 2 aromatic carbocycles. The molecule has 0 radical (unpaired) electrons. The molecule has 6 rings (SSSR count). The number of methoxy groups -OCH3 is 2. The average Bonchev–Trinajstić information content (AvgIpc) is 3.22. The maximum absolute atomic E-state index is 13.0. The van der Waals surface area contributed by atoms with Crippen LogP contribution in [0.2, 0.25) is 0 Å². The van der Waals surface area contributed by atoms with Crippen LogP contribution in [0.1, 0.15) is 29.2 Å². The van der Waals surface area contributed by atoms with Gasteiger partial charge in [-0.05, 0) is 58.7 Å². The molecule has 2 atom stereocenters. The van der Waals surface area contributed by atoms with Crippen LogP contribution < -0.4 is 9.47 Å². The third kappa shape index (κ3) is 11.7. The van der Waals surface area contributed by atoms with E-state index < -0.39 is 18.2 Å². The van der Waals surface area contributed by atoms with E-state index in [0.29, 0.717) is 35.7 Å². The van der Waals surface area contributed by atoms with E-state index in [9.17, 15) is 19.5 Å². The number of hydrogen-bond acceptors (Lipinski definition) is 11. The minimum absolute atomic E-state index is 0.0415. The summed E-state index contributed by atoms with van der Waals surface area (Å²) in [7, 11) is 3.03. The van der Waals surface area contributed by atoms with E-state index in [0.717, 1.165) is 33.4 Å². The second kappa shape index (κ2) is 20.0. The maximum Gasteiger partial charge on any atom is 0.303 e. The number of hydrogen-bond donors (Lipinski definition) is 1. The fourth-order valence-corrected chi connectivity index (χ4v) is 5.83. The number of ketones is 2. The van der Waals surface area contributed by atoms with Crippen LogP contribution in [-0.2, 0) is 44.8 Å². The van der Waals surface area contributed by atoms with E-state index in [1.54, 1.807) is 37.2 Å². The summed E-state index contributed by atoms with van der Waals surface area (Å²) in [6.45, 7) is 1.30. The number of rotatable bonds is 15. The predicted molar refractivity (Wildman–Crippen MR) is 207 cm³/mol. The molecular formula is C44H42N4O7. The van der Waals surface area contributed by atoms with Crippen molar-refractivity contribution >= 4 is 17.5 Å². The van der Waals surface area contributed by atoms with Crippen LogP contribution in [0.5, 0.6) is 11.8 Å². The Labute approximate surface area is 320 Å². The fourth-order valence-electron chi connectivity index (χ4n) is 5.83. The van der Waals surface area contributed by atoms with E-state index in [-0.39, 0.29) is 24.4 Å². The minimum Gasteiger partial charge on any atom is -0.481 e. The van der Waals surface area contributed by atoms with Gasteiger partial charge in [-0.1, -0.05) is 60.7 Å². The minimum atomic E-state index is -1.06. The van der Waals surface area contributed by atoms with Crippen LogP contribution in [0.3, 0.4) is 0 Å². The molecule has 6 aromatic rings. The highest BCUT2D eigenvalue weighted by molar-refractivity contribution is 5.88. The van der Waals surface area contributed by atoms with Crippen LogP contribution in [0.25, 0.3) is 22.3 Å². The zero-order chi connectivity index (χ0) is 39.0. The number of nitrogens with zero attached hydrogens (tertiary/aromatic N) is 4. The Morgan fingerprint density at radius 1 is 0.600 bits per heavy atom. The number of carbonyl (C=O) groups excluding carboxylic acids is 3. The number of aliphatic hydroxyl groups is 1. The van der Waals surface area contributed by atoms with Crippen molar-refractivity contribution in [2.45, 2.75) is 44.8 Å². The SMILES string of the molecule is COc1ncc(-c2ccncc2)cc1CC(=O)[C@@H](Cc1ccccc1)OC(C)=O.COc1ncc(-c2ccncc2)cc1CC(=O)[C@H](O)Cc1ccccc1. The Morgan fingerprint density at radius 3 is 1.47 bits per heavy atom. The highest BCUT2D eigenvalue weighted by Crippen LogP contribution is 2.26. The lowest BCUT2D eigenvalue weighted by atomic mass is 9.98. The molecule has 11 heteroatoms. The van der Waals surface area contributed by atoms with Crippen molar-refractivity contribution in [3.05, 3.63) is 156 Å². The lowest BCUT2D eigenvalue weighted by Crippen LogP contribution is -2.30. The van der Waals surface area contributed by atoms with E-state index in [1.165, 1.54) is 21.1 Å². The number of esters is 1. The van der Waals surface area contributed by atoms with E-state index in [2.05, 4.69) is 19.9 Å². The Bertz CT molecular complexity index is 2150. The van der Waals surface area contributed by atoms with E-state index >= 15 is 0 Å². The molecule has 0 aliphatic heterocycles. The largest absolute Gasteiger partial charge is 0.481 e. The summed E-state index contributed by atoms with van der Waals surface area (Å²) >= 11 is 0. The molecule has 0 fully saturated rings. The summed E-state index contributed by atoms with van der Waals surface area (Å²) < 4.78 is 15.9. The molecule has 0 spiro atoms. The number of carbonyl (C=O) groups is 3. The molecule has 0 unspecified atom stereocenters. The van der Waals surface area contributed by atoms with Crippen molar-refractivity contribution in [2.75, 3.05) is 14.2 Å². The molecule has 0 bridgehead atoms. The molecule has 0 aliphatic rings. The topological polar surface area (TPSA) is 151 Å².